The second-order valence-corrected chi connectivity index (χ2v) is 6.34. The van der Waals surface area contributed by atoms with Gasteiger partial charge < -0.3 is 15.7 Å². The molecule has 0 spiro atoms. The summed E-state index contributed by atoms with van der Waals surface area (Å²) in [5.74, 6) is 0.704. The Labute approximate surface area is 154 Å². The van der Waals surface area contributed by atoms with Crippen LogP contribution in [0.15, 0.2) is 55.4 Å². The molecule has 0 aliphatic carbocycles. The predicted octanol–water partition coefficient (Wildman–Crippen LogP) is 1.60. The van der Waals surface area contributed by atoms with Crippen molar-refractivity contribution < 1.29 is 5.11 Å². The zero-order chi connectivity index (χ0) is 18.4. The van der Waals surface area contributed by atoms with E-state index in [9.17, 15) is 5.11 Å². The van der Waals surface area contributed by atoms with Gasteiger partial charge in [-0.15, -0.1) is 0 Å². The van der Waals surface area contributed by atoms with Crippen LogP contribution in [-0.2, 0) is 0 Å². The average molecular weight is 351 g/mol. The Kier molecular flexibility index (Phi) is 5.99. The minimum absolute atomic E-state index is 0.0150. The van der Waals surface area contributed by atoms with E-state index in [2.05, 4.69) is 50.6 Å². The number of anilines is 1. The monoisotopic (exact) mass is 351 g/mol. The molecule has 1 fully saturated rings. The number of nitrogens with two attached hydrogens (primary N) is 1. The second-order valence-electron chi connectivity index (χ2n) is 6.34. The third kappa shape index (κ3) is 4.47. The van der Waals surface area contributed by atoms with Gasteiger partial charge in [0.1, 0.15) is 0 Å². The van der Waals surface area contributed by atoms with Crippen molar-refractivity contribution in [3.63, 3.8) is 0 Å². The highest BCUT2D eigenvalue weighted by molar-refractivity contribution is 5.58. The SMILES string of the molecule is C=C(N)c1cnc(N2CCN([C@@H](/C=C/c3ccccc3)CO)CC2)nc1. The molecule has 0 saturated carbocycles. The molecule has 1 aromatic carbocycles. The first kappa shape index (κ1) is 18.1. The van der Waals surface area contributed by atoms with Crippen molar-refractivity contribution in [3.8, 4) is 0 Å². The van der Waals surface area contributed by atoms with Crippen molar-refractivity contribution >= 4 is 17.7 Å². The van der Waals surface area contributed by atoms with Crippen molar-refractivity contribution in [2.45, 2.75) is 6.04 Å². The molecule has 1 aliphatic rings. The van der Waals surface area contributed by atoms with Gasteiger partial charge in [-0.25, -0.2) is 9.97 Å². The van der Waals surface area contributed by atoms with Crippen LogP contribution < -0.4 is 10.6 Å². The number of benzene rings is 1. The summed E-state index contributed by atoms with van der Waals surface area (Å²) in [5, 5.41) is 9.77. The number of aliphatic hydroxyl groups is 1. The van der Waals surface area contributed by atoms with Gasteiger partial charge in [0.25, 0.3) is 0 Å². The maximum absolute atomic E-state index is 9.77. The summed E-state index contributed by atoms with van der Waals surface area (Å²) in [6, 6.07) is 10.1. The zero-order valence-electron chi connectivity index (χ0n) is 14.8. The summed E-state index contributed by atoms with van der Waals surface area (Å²) >= 11 is 0. The Balaban J connectivity index is 1.58. The smallest absolute Gasteiger partial charge is 0.225 e. The van der Waals surface area contributed by atoms with Crippen LogP contribution in [0, 0.1) is 0 Å². The number of hydrogen-bond acceptors (Lipinski definition) is 6. The molecule has 3 N–H and O–H groups in total. The summed E-state index contributed by atoms with van der Waals surface area (Å²) in [6.07, 6.45) is 7.55. The van der Waals surface area contributed by atoms with Gasteiger partial charge in [0, 0.05) is 49.8 Å². The van der Waals surface area contributed by atoms with Crippen LogP contribution in [-0.4, -0.2) is 58.8 Å². The molecule has 3 rings (SSSR count). The fourth-order valence-electron chi connectivity index (χ4n) is 2.99. The van der Waals surface area contributed by atoms with Gasteiger partial charge in [-0.2, -0.15) is 0 Å². The summed E-state index contributed by atoms with van der Waals surface area (Å²) in [7, 11) is 0. The largest absolute Gasteiger partial charge is 0.399 e. The third-order valence-corrected chi connectivity index (χ3v) is 4.57. The molecule has 0 radical (unpaired) electrons. The van der Waals surface area contributed by atoms with Crippen molar-refractivity contribution in [3.05, 3.63) is 66.5 Å². The fourth-order valence-corrected chi connectivity index (χ4v) is 2.99. The quantitative estimate of drug-likeness (QED) is 0.823. The number of aliphatic hydroxyl groups excluding tert-OH is 1. The lowest BCUT2D eigenvalue weighted by Gasteiger charge is -2.37. The van der Waals surface area contributed by atoms with E-state index in [0.29, 0.717) is 11.6 Å². The first-order valence-corrected chi connectivity index (χ1v) is 8.77. The Bertz CT molecular complexity index is 737. The van der Waals surface area contributed by atoms with Crippen LogP contribution in [0.2, 0.25) is 0 Å². The molecule has 0 unspecified atom stereocenters. The van der Waals surface area contributed by atoms with Gasteiger partial charge in [-0.3, -0.25) is 4.90 Å². The molecule has 1 aromatic heterocycles. The van der Waals surface area contributed by atoms with Crippen molar-refractivity contribution in [1.82, 2.24) is 14.9 Å². The Morgan fingerprint density at radius 2 is 1.81 bits per heavy atom. The molecule has 2 heterocycles. The molecule has 6 heteroatoms. The van der Waals surface area contributed by atoms with Crippen LogP contribution >= 0.6 is 0 Å². The van der Waals surface area contributed by atoms with E-state index < -0.39 is 0 Å². The summed E-state index contributed by atoms with van der Waals surface area (Å²) in [6.45, 7) is 7.13. The van der Waals surface area contributed by atoms with Crippen LogP contribution in [0.1, 0.15) is 11.1 Å². The number of hydrogen-bond donors (Lipinski definition) is 2. The normalized spacial score (nSPS) is 16.7. The number of nitrogens with zero attached hydrogens (tertiary/aromatic N) is 4. The minimum Gasteiger partial charge on any atom is -0.399 e. The van der Waals surface area contributed by atoms with E-state index in [1.165, 1.54) is 0 Å². The molecule has 2 aromatic rings. The zero-order valence-corrected chi connectivity index (χ0v) is 14.8. The maximum Gasteiger partial charge on any atom is 0.225 e. The predicted molar refractivity (Wildman–Crippen MR) is 105 cm³/mol. The van der Waals surface area contributed by atoms with Crippen molar-refractivity contribution in [2.75, 3.05) is 37.7 Å². The summed E-state index contributed by atoms with van der Waals surface area (Å²) in [5.41, 5.74) is 8.01. The van der Waals surface area contributed by atoms with Gasteiger partial charge in [0.2, 0.25) is 5.95 Å². The molecule has 0 bridgehead atoms. The maximum atomic E-state index is 9.77. The molecule has 1 aliphatic heterocycles. The molecule has 1 saturated heterocycles. The summed E-state index contributed by atoms with van der Waals surface area (Å²) < 4.78 is 0. The Morgan fingerprint density at radius 1 is 1.15 bits per heavy atom. The molecule has 1 atom stereocenters. The van der Waals surface area contributed by atoms with E-state index in [1.54, 1.807) is 12.4 Å². The molecule has 26 heavy (non-hydrogen) atoms. The summed E-state index contributed by atoms with van der Waals surface area (Å²) in [4.78, 5) is 13.2. The van der Waals surface area contributed by atoms with Gasteiger partial charge in [0.05, 0.1) is 12.6 Å². The first-order chi connectivity index (χ1) is 12.7. The number of aromatic nitrogens is 2. The lowest BCUT2D eigenvalue weighted by atomic mass is 10.1. The topological polar surface area (TPSA) is 78.5 Å². The van der Waals surface area contributed by atoms with Crippen molar-refractivity contribution in [2.24, 2.45) is 5.73 Å². The standard InChI is InChI=1S/C20H25N5O/c1-16(21)18-13-22-20(23-14-18)25-11-9-24(10-12-25)19(15-26)8-7-17-5-3-2-4-6-17/h2-8,13-14,19,26H,1,9-12,15,21H2/b8-7+/t19-/m0/s1. The fraction of sp³-hybridized carbons (Fsp3) is 0.300. The Morgan fingerprint density at radius 3 is 2.38 bits per heavy atom. The number of piperazine rings is 1. The molecule has 136 valence electrons. The van der Waals surface area contributed by atoms with Crippen LogP contribution in [0.3, 0.4) is 0 Å². The van der Waals surface area contributed by atoms with Gasteiger partial charge >= 0.3 is 0 Å². The number of rotatable bonds is 6. The lowest BCUT2D eigenvalue weighted by molar-refractivity contribution is 0.145. The third-order valence-electron chi connectivity index (χ3n) is 4.57. The van der Waals surface area contributed by atoms with E-state index in [1.807, 2.05) is 18.2 Å². The highest BCUT2D eigenvalue weighted by Gasteiger charge is 2.23. The molecule has 0 amide bonds. The first-order valence-electron chi connectivity index (χ1n) is 8.77. The lowest BCUT2D eigenvalue weighted by Crippen LogP contribution is -2.51. The van der Waals surface area contributed by atoms with Gasteiger partial charge in [-0.05, 0) is 5.56 Å². The average Bonchev–Trinajstić information content (AvgIpc) is 2.70. The highest BCUT2D eigenvalue weighted by Crippen LogP contribution is 2.15. The highest BCUT2D eigenvalue weighted by atomic mass is 16.3. The van der Waals surface area contributed by atoms with E-state index in [-0.39, 0.29) is 12.6 Å². The van der Waals surface area contributed by atoms with Crippen LogP contribution in [0.4, 0.5) is 5.95 Å². The van der Waals surface area contributed by atoms with Crippen molar-refractivity contribution in [1.29, 1.82) is 0 Å². The molecule has 6 nitrogen and oxygen atoms in total. The van der Waals surface area contributed by atoms with E-state index >= 15 is 0 Å². The van der Waals surface area contributed by atoms with Gasteiger partial charge in [-0.1, -0.05) is 49.1 Å². The minimum atomic E-state index is 0.0150. The van der Waals surface area contributed by atoms with Crippen LogP contribution in [0.5, 0.6) is 0 Å². The van der Waals surface area contributed by atoms with Gasteiger partial charge in [0.15, 0.2) is 0 Å². The Hall–Kier alpha value is -2.70. The van der Waals surface area contributed by atoms with E-state index in [0.717, 1.165) is 37.3 Å². The van der Waals surface area contributed by atoms with E-state index in [4.69, 9.17) is 5.73 Å². The molecular formula is C20H25N5O. The second kappa shape index (κ2) is 8.60. The van der Waals surface area contributed by atoms with Crippen LogP contribution in [0.25, 0.3) is 11.8 Å². The molecular weight excluding hydrogens is 326 g/mol.